The van der Waals surface area contributed by atoms with Gasteiger partial charge in [-0.05, 0) is 37.0 Å². The summed E-state index contributed by atoms with van der Waals surface area (Å²) in [4.78, 5) is 29.6. The number of carbonyl (C=O) groups is 1. The number of piperazine rings is 1. The molecule has 156 valence electrons. The van der Waals surface area contributed by atoms with Crippen LogP contribution >= 0.6 is 23.1 Å². The summed E-state index contributed by atoms with van der Waals surface area (Å²) in [6.07, 6.45) is 3.45. The third kappa shape index (κ3) is 3.79. The van der Waals surface area contributed by atoms with E-state index < -0.39 is 6.61 Å². The summed E-state index contributed by atoms with van der Waals surface area (Å²) >= 11 is 3.58. The molecular weight excluding hydrogens is 416 g/mol. The first-order valence-electron chi connectivity index (χ1n) is 10.4. The fourth-order valence-corrected chi connectivity index (χ4v) is 6.29. The fraction of sp³-hybridized carbons (Fsp3) is 0.409. The van der Waals surface area contributed by atoms with Gasteiger partial charge < -0.3 is 14.9 Å². The lowest BCUT2D eigenvalue weighted by molar-refractivity contribution is -0.134. The highest BCUT2D eigenvalue weighted by Gasteiger charge is 2.27. The van der Waals surface area contributed by atoms with Crippen LogP contribution in [0.15, 0.2) is 35.2 Å². The number of rotatable bonds is 5. The van der Waals surface area contributed by atoms with E-state index in [1.54, 1.807) is 16.7 Å². The molecule has 3 aromatic rings. The van der Waals surface area contributed by atoms with E-state index in [0.29, 0.717) is 13.1 Å². The second kappa shape index (κ2) is 8.53. The smallest absolute Gasteiger partial charge is 0.248 e. The standard InChI is InChI=1S/C22H24N4O2S2/c27-13-19(28)25-9-11-26(12-10-25)21-20-16-7-4-8-17(16)30-22(20)24-18(23-21)14-29-15-5-2-1-3-6-15/h1-3,5-6,27H,4,7-14H2. The molecule has 0 spiro atoms. The molecule has 6 nitrogen and oxygen atoms in total. The van der Waals surface area contributed by atoms with E-state index in [4.69, 9.17) is 15.1 Å². The van der Waals surface area contributed by atoms with Gasteiger partial charge in [-0.3, -0.25) is 4.79 Å². The Balaban J connectivity index is 1.45. The predicted octanol–water partition coefficient (Wildman–Crippen LogP) is 3.11. The highest BCUT2D eigenvalue weighted by atomic mass is 32.2. The fourth-order valence-electron chi connectivity index (χ4n) is 4.25. The number of hydrogen-bond acceptors (Lipinski definition) is 7. The molecule has 1 amide bonds. The van der Waals surface area contributed by atoms with Crippen molar-refractivity contribution in [1.29, 1.82) is 0 Å². The molecule has 0 saturated carbocycles. The van der Waals surface area contributed by atoms with Crippen molar-refractivity contribution in [2.75, 3.05) is 37.7 Å². The molecule has 30 heavy (non-hydrogen) atoms. The van der Waals surface area contributed by atoms with Crippen molar-refractivity contribution >= 4 is 45.0 Å². The monoisotopic (exact) mass is 440 g/mol. The summed E-state index contributed by atoms with van der Waals surface area (Å²) < 4.78 is 0. The van der Waals surface area contributed by atoms with Crippen molar-refractivity contribution in [2.45, 2.75) is 29.9 Å². The van der Waals surface area contributed by atoms with Crippen LogP contribution in [0.5, 0.6) is 0 Å². The van der Waals surface area contributed by atoms with E-state index in [1.165, 1.54) is 27.1 Å². The maximum atomic E-state index is 11.8. The number of fused-ring (bicyclic) bond motifs is 3. The number of aliphatic hydroxyl groups is 1. The van der Waals surface area contributed by atoms with Crippen LogP contribution in [0.25, 0.3) is 10.2 Å². The number of hydrogen-bond donors (Lipinski definition) is 1. The van der Waals surface area contributed by atoms with Gasteiger partial charge in [0.05, 0.1) is 11.1 Å². The molecule has 0 unspecified atom stereocenters. The topological polar surface area (TPSA) is 69.6 Å². The number of aryl methyl sites for hydroxylation is 2. The number of anilines is 1. The van der Waals surface area contributed by atoms with Crippen LogP contribution in [0, 0.1) is 0 Å². The summed E-state index contributed by atoms with van der Waals surface area (Å²) in [6.45, 7) is 2.27. The van der Waals surface area contributed by atoms with Gasteiger partial charge in [-0.1, -0.05) is 18.2 Å². The number of thiophene rings is 1. The van der Waals surface area contributed by atoms with Gasteiger partial charge in [-0.2, -0.15) is 0 Å². The van der Waals surface area contributed by atoms with Gasteiger partial charge in [0.15, 0.2) is 0 Å². The molecule has 8 heteroatoms. The Bertz CT molecular complexity index is 1060. The van der Waals surface area contributed by atoms with Gasteiger partial charge >= 0.3 is 0 Å². The maximum Gasteiger partial charge on any atom is 0.248 e. The molecule has 2 aromatic heterocycles. The van der Waals surface area contributed by atoms with Crippen LogP contribution in [0.4, 0.5) is 5.82 Å². The third-order valence-electron chi connectivity index (χ3n) is 5.77. The van der Waals surface area contributed by atoms with E-state index in [1.807, 2.05) is 17.4 Å². The van der Waals surface area contributed by atoms with Crippen molar-refractivity contribution in [3.8, 4) is 0 Å². The Morgan fingerprint density at radius 2 is 1.90 bits per heavy atom. The van der Waals surface area contributed by atoms with E-state index >= 15 is 0 Å². The molecule has 1 N–H and O–H groups in total. The van der Waals surface area contributed by atoms with Gasteiger partial charge in [-0.25, -0.2) is 9.97 Å². The number of benzene rings is 1. The minimum atomic E-state index is -0.420. The molecule has 1 aliphatic heterocycles. The molecule has 1 aliphatic carbocycles. The van der Waals surface area contributed by atoms with Crippen LogP contribution in [0.1, 0.15) is 22.7 Å². The molecule has 3 heterocycles. The molecule has 1 aromatic carbocycles. The number of carbonyl (C=O) groups excluding carboxylic acids is 1. The molecule has 2 aliphatic rings. The highest BCUT2D eigenvalue weighted by Crippen LogP contribution is 2.41. The van der Waals surface area contributed by atoms with Crippen LogP contribution in [0.2, 0.25) is 0 Å². The second-order valence-electron chi connectivity index (χ2n) is 7.63. The van der Waals surface area contributed by atoms with E-state index in [2.05, 4.69) is 29.2 Å². The second-order valence-corrected chi connectivity index (χ2v) is 9.76. The molecule has 0 bridgehead atoms. The number of thioether (sulfide) groups is 1. The molecule has 0 atom stereocenters. The third-order valence-corrected chi connectivity index (χ3v) is 7.96. The molecular formula is C22H24N4O2S2. The number of aromatic nitrogens is 2. The average Bonchev–Trinajstić information content (AvgIpc) is 3.38. The zero-order valence-electron chi connectivity index (χ0n) is 16.7. The average molecular weight is 441 g/mol. The SMILES string of the molecule is O=C(CO)N1CCN(c2nc(CSc3ccccc3)nc3sc4c(c23)CCC4)CC1. The Kier molecular flexibility index (Phi) is 5.62. The molecule has 1 fully saturated rings. The van der Waals surface area contributed by atoms with Gasteiger partial charge in [0.25, 0.3) is 0 Å². The van der Waals surface area contributed by atoms with Crippen molar-refractivity contribution in [3.63, 3.8) is 0 Å². The lowest BCUT2D eigenvalue weighted by Crippen LogP contribution is -2.49. The largest absolute Gasteiger partial charge is 0.387 e. The minimum absolute atomic E-state index is 0.196. The maximum absolute atomic E-state index is 11.8. The Labute approximate surface area is 183 Å². The number of amides is 1. The molecule has 1 saturated heterocycles. The summed E-state index contributed by atoms with van der Waals surface area (Å²) in [5.74, 6) is 2.43. The lowest BCUT2D eigenvalue weighted by atomic mass is 10.1. The van der Waals surface area contributed by atoms with Crippen molar-refractivity contribution in [1.82, 2.24) is 14.9 Å². The van der Waals surface area contributed by atoms with Crippen molar-refractivity contribution in [2.24, 2.45) is 0 Å². The minimum Gasteiger partial charge on any atom is -0.387 e. The van der Waals surface area contributed by atoms with Crippen LogP contribution < -0.4 is 4.90 Å². The van der Waals surface area contributed by atoms with E-state index in [0.717, 1.165) is 48.2 Å². The zero-order chi connectivity index (χ0) is 20.5. The highest BCUT2D eigenvalue weighted by molar-refractivity contribution is 7.98. The number of nitrogens with zero attached hydrogens (tertiary/aromatic N) is 4. The zero-order valence-corrected chi connectivity index (χ0v) is 18.3. The van der Waals surface area contributed by atoms with Crippen molar-refractivity contribution < 1.29 is 9.90 Å². The lowest BCUT2D eigenvalue weighted by Gasteiger charge is -2.35. The van der Waals surface area contributed by atoms with E-state index in [-0.39, 0.29) is 5.91 Å². The summed E-state index contributed by atoms with van der Waals surface area (Å²) in [7, 11) is 0. The van der Waals surface area contributed by atoms with Gasteiger partial charge in [0.1, 0.15) is 23.1 Å². The quantitative estimate of drug-likeness (QED) is 0.615. The normalized spacial score (nSPS) is 16.3. The van der Waals surface area contributed by atoms with Gasteiger partial charge in [0, 0.05) is 36.0 Å². The predicted molar refractivity (Wildman–Crippen MR) is 121 cm³/mol. The van der Waals surface area contributed by atoms with Crippen LogP contribution in [-0.4, -0.2) is 58.7 Å². The van der Waals surface area contributed by atoms with Crippen LogP contribution in [-0.2, 0) is 23.4 Å². The van der Waals surface area contributed by atoms with Gasteiger partial charge in [-0.15, -0.1) is 23.1 Å². The molecule has 0 radical (unpaired) electrons. The summed E-state index contributed by atoms with van der Waals surface area (Å²) in [6, 6.07) is 10.4. The van der Waals surface area contributed by atoms with Crippen LogP contribution in [0.3, 0.4) is 0 Å². The Hall–Kier alpha value is -2.16. The first-order valence-corrected chi connectivity index (χ1v) is 12.2. The number of aliphatic hydroxyl groups excluding tert-OH is 1. The Morgan fingerprint density at radius 1 is 1.10 bits per heavy atom. The summed E-state index contributed by atoms with van der Waals surface area (Å²) in [5.41, 5.74) is 1.43. The summed E-state index contributed by atoms with van der Waals surface area (Å²) in [5, 5.41) is 10.4. The van der Waals surface area contributed by atoms with E-state index in [9.17, 15) is 4.79 Å². The first kappa shape index (κ1) is 19.8. The first-order chi connectivity index (χ1) is 14.7. The Morgan fingerprint density at radius 3 is 2.67 bits per heavy atom. The van der Waals surface area contributed by atoms with Crippen molar-refractivity contribution in [3.05, 3.63) is 46.6 Å². The van der Waals surface area contributed by atoms with Gasteiger partial charge in [0.2, 0.25) is 5.91 Å². The molecule has 5 rings (SSSR count).